The number of furan rings is 1. The number of rotatable bonds is 4. The molecule has 9 aromatic rings. The maximum Gasteiger partial charge on any atom is 0.165 e. The summed E-state index contributed by atoms with van der Waals surface area (Å²) in [5, 5.41) is 6.67. The van der Waals surface area contributed by atoms with Gasteiger partial charge in [-0.15, -0.1) is 0 Å². The highest BCUT2D eigenvalue weighted by Gasteiger charge is 2.22. The molecule has 0 spiro atoms. The molecule has 45 heavy (non-hydrogen) atoms. The van der Waals surface area contributed by atoms with E-state index in [4.69, 9.17) is 19.4 Å². The Hall–Kier alpha value is -6.13. The summed E-state index contributed by atoms with van der Waals surface area (Å²) in [6, 6.07) is 52.2. The van der Waals surface area contributed by atoms with Gasteiger partial charge in [0.15, 0.2) is 17.5 Å². The summed E-state index contributed by atoms with van der Waals surface area (Å²) >= 11 is 0. The van der Waals surface area contributed by atoms with Crippen LogP contribution < -0.4 is 0 Å². The molecule has 0 amide bonds. The van der Waals surface area contributed by atoms with E-state index in [0.717, 1.165) is 55.1 Å². The van der Waals surface area contributed by atoms with Crippen molar-refractivity contribution < 1.29 is 4.42 Å². The maximum absolute atomic E-state index is 6.40. The lowest BCUT2D eigenvalue weighted by Gasteiger charge is -2.15. The molecule has 0 saturated carbocycles. The van der Waals surface area contributed by atoms with Crippen LogP contribution in [0, 0.1) is 0 Å². The van der Waals surface area contributed by atoms with Gasteiger partial charge in [-0.2, -0.15) is 0 Å². The Morgan fingerprint density at radius 3 is 1.91 bits per heavy atom. The minimum atomic E-state index is 0.604. The van der Waals surface area contributed by atoms with Crippen molar-refractivity contribution in [1.82, 2.24) is 15.0 Å². The Morgan fingerprint density at radius 2 is 1.04 bits per heavy atom. The molecule has 210 valence electrons. The van der Waals surface area contributed by atoms with E-state index in [9.17, 15) is 0 Å². The Morgan fingerprint density at radius 1 is 0.378 bits per heavy atom. The van der Waals surface area contributed by atoms with Gasteiger partial charge in [0.05, 0.1) is 0 Å². The number of aromatic nitrogens is 3. The van der Waals surface area contributed by atoms with E-state index in [0.29, 0.717) is 17.5 Å². The first kappa shape index (κ1) is 25.4. The van der Waals surface area contributed by atoms with Crippen LogP contribution in [0.4, 0.5) is 0 Å². The van der Waals surface area contributed by atoms with Crippen molar-refractivity contribution in [2.75, 3.05) is 0 Å². The molecule has 0 radical (unpaired) electrons. The van der Waals surface area contributed by atoms with Crippen LogP contribution in [0.15, 0.2) is 156 Å². The van der Waals surface area contributed by atoms with Gasteiger partial charge in [-0.05, 0) is 56.9 Å². The molecule has 0 unspecified atom stereocenters. The Bertz CT molecular complexity index is 2540. The van der Waals surface area contributed by atoms with Gasteiger partial charge in [0.1, 0.15) is 11.2 Å². The van der Waals surface area contributed by atoms with Crippen LogP contribution in [0.5, 0.6) is 0 Å². The molecule has 2 heterocycles. The van der Waals surface area contributed by atoms with Gasteiger partial charge < -0.3 is 4.42 Å². The van der Waals surface area contributed by atoms with Crippen LogP contribution in [-0.2, 0) is 0 Å². The highest BCUT2D eigenvalue weighted by Crippen LogP contribution is 2.44. The van der Waals surface area contributed by atoms with Crippen molar-refractivity contribution in [2.24, 2.45) is 0 Å². The summed E-state index contributed by atoms with van der Waals surface area (Å²) in [6.07, 6.45) is 0. The number of fused-ring (bicyclic) bond motifs is 5. The fourth-order valence-corrected chi connectivity index (χ4v) is 6.40. The third kappa shape index (κ3) is 4.27. The summed E-state index contributed by atoms with van der Waals surface area (Å²) in [4.78, 5) is 15.5. The zero-order valence-corrected chi connectivity index (χ0v) is 24.2. The summed E-state index contributed by atoms with van der Waals surface area (Å²) in [6.45, 7) is 0. The predicted molar refractivity (Wildman–Crippen MR) is 184 cm³/mol. The van der Waals surface area contributed by atoms with Crippen molar-refractivity contribution in [3.05, 3.63) is 152 Å². The second-order valence-corrected chi connectivity index (χ2v) is 11.2. The quantitative estimate of drug-likeness (QED) is 0.209. The fraction of sp³-hybridized carbons (Fsp3) is 0. The van der Waals surface area contributed by atoms with Gasteiger partial charge in [0.25, 0.3) is 0 Å². The highest BCUT2D eigenvalue weighted by atomic mass is 16.3. The van der Waals surface area contributed by atoms with Crippen molar-refractivity contribution in [3.63, 3.8) is 0 Å². The molecule has 9 rings (SSSR count). The molecule has 0 bridgehead atoms. The molecule has 2 aromatic heterocycles. The number of para-hydroxylation sites is 1. The average Bonchev–Trinajstić information content (AvgIpc) is 3.50. The maximum atomic E-state index is 6.40. The topological polar surface area (TPSA) is 51.8 Å². The van der Waals surface area contributed by atoms with Crippen LogP contribution in [0.2, 0.25) is 0 Å². The minimum Gasteiger partial charge on any atom is -0.456 e. The summed E-state index contributed by atoms with van der Waals surface area (Å²) in [5.41, 5.74) is 6.57. The molecule has 4 heteroatoms. The first-order valence-corrected chi connectivity index (χ1v) is 15.0. The lowest BCUT2D eigenvalue weighted by molar-refractivity contribution is 0.669. The van der Waals surface area contributed by atoms with Crippen molar-refractivity contribution >= 4 is 43.5 Å². The molecule has 0 N–H and O–H groups in total. The standard InChI is InChI=1S/C41H25N3O/c1-2-13-28(14-3-1)39-42-40(30-22-21-26-11-4-5-15-29(26)25-30)44-41(43-39)38-33(32-19-10-16-27-12-6-7-17-31(27)32)23-24-36-37(38)34-18-8-9-20-35(34)45-36/h1-25H. The summed E-state index contributed by atoms with van der Waals surface area (Å²) in [7, 11) is 0. The van der Waals surface area contributed by atoms with E-state index in [1.807, 2.05) is 42.5 Å². The van der Waals surface area contributed by atoms with Crippen LogP contribution in [-0.4, -0.2) is 15.0 Å². The first-order chi connectivity index (χ1) is 22.3. The van der Waals surface area contributed by atoms with Crippen molar-refractivity contribution in [2.45, 2.75) is 0 Å². The third-order valence-corrected chi connectivity index (χ3v) is 8.52. The SMILES string of the molecule is c1ccc(-c2nc(-c3ccc4ccccc4c3)nc(-c3c(-c4cccc5ccccc45)ccc4oc5ccccc5c34)n2)cc1. The minimum absolute atomic E-state index is 0.604. The first-order valence-electron chi connectivity index (χ1n) is 15.0. The van der Waals surface area contributed by atoms with E-state index >= 15 is 0 Å². The average molecular weight is 576 g/mol. The second-order valence-electron chi connectivity index (χ2n) is 11.2. The van der Waals surface area contributed by atoms with Gasteiger partial charge in [0.2, 0.25) is 0 Å². The molecule has 0 fully saturated rings. The molecule has 7 aromatic carbocycles. The normalized spacial score (nSPS) is 11.6. The fourth-order valence-electron chi connectivity index (χ4n) is 6.40. The van der Waals surface area contributed by atoms with Crippen LogP contribution in [0.3, 0.4) is 0 Å². The van der Waals surface area contributed by atoms with Crippen LogP contribution in [0.25, 0.3) is 88.8 Å². The van der Waals surface area contributed by atoms with Gasteiger partial charge in [-0.1, -0.05) is 127 Å². The lowest BCUT2D eigenvalue weighted by Crippen LogP contribution is -2.01. The lowest BCUT2D eigenvalue weighted by atomic mass is 9.91. The molecule has 4 nitrogen and oxygen atoms in total. The summed E-state index contributed by atoms with van der Waals surface area (Å²) in [5.74, 6) is 1.85. The largest absolute Gasteiger partial charge is 0.456 e. The molecule has 0 aliphatic heterocycles. The van der Waals surface area contributed by atoms with Gasteiger partial charge in [0, 0.05) is 27.5 Å². The van der Waals surface area contributed by atoms with Gasteiger partial charge >= 0.3 is 0 Å². The summed E-state index contributed by atoms with van der Waals surface area (Å²) < 4.78 is 6.40. The number of nitrogens with zero attached hydrogens (tertiary/aromatic N) is 3. The van der Waals surface area contributed by atoms with Gasteiger partial charge in [-0.3, -0.25) is 0 Å². The van der Waals surface area contributed by atoms with Crippen molar-refractivity contribution in [1.29, 1.82) is 0 Å². The molecule has 0 saturated heterocycles. The zero-order chi connectivity index (χ0) is 29.7. The Balaban J connectivity index is 1.40. The third-order valence-electron chi connectivity index (χ3n) is 8.52. The van der Waals surface area contributed by atoms with E-state index in [2.05, 4.69) is 109 Å². The molecule has 0 atom stereocenters. The van der Waals surface area contributed by atoms with Crippen molar-refractivity contribution in [3.8, 4) is 45.3 Å². The van der Waals surface area contributed by atoms with E-state index in [1.165, 1.54) is 16.2 Å². The highest BCUT2D eigenvalue weighted by molar-refractivity contribution is 6.16. The monoisotopic (exact) mass is 575 g/mol. The molecule has 0 aliphatic rings. The van der Waals surface area contributed by atoms with Crippen LogP contribution in [0.1, 0.15) is 0 Å². The van der Waals surface area contributed by atoms with Crippen LogP contribution >= 0.6 is 0 Å². The smallest absolute Gasteiger partial charge is 0.165 e. The Kier molecular flexibility index (Phi) is 5.78. The number of hydrogen-bond donors (Lipinski definition) is 0. The Labute approximate surface area is 259 Å². The van der Waals surface area contributed by atoms with E-state index in [-0.39, 0.29) is 0 Å². The zero-order valence-electron chi connectivity index (χ0n) is 24.2. The molecular weight excluding hydrogens is 550 g/mol. The second kappa shape index (κ2) is 10.2. The van der Waals surface area contributed by atoms with E-state index in [1.54, 1.807) is 0 Å². The molecular formula is C41H25N3O. The molecule has 0 aliphatic carbocycles. The predicted octanol–water partition coefficient (Wildman–Crippen LogP) is 10.7. The van der Waals surface area contributed by atoms with Gasteiger partial charge in [-0.25, -0.2) is 15.0 Å². The number of benzene rings is 7. The number of hydrogen-bond acceptors (Lipinski definition) is 4. The van der Waals surface area contributed by atoms with E-state index < -0.39 is 0 Å².